The van der Waals surface area contributed by atoms with E-state index in [9.17, 15) is 18.5 Å². The van der Waals surface area contributed by atoms with Gasteiger partial charge in [-0.05, 0) is 49.6 Å². The fourth-order valence-corrected chi connectivity index (χ4v) is 5.43. The van der Waals surface area contributed by atoms with Crippen molar-refractivity contribution < 1.29 is 18.1 Å². The second kappa shape index (κ2) is 10.2. The zero-order valence-corrected chi connectivity index (χ0v) is 20.0. The topological polar surface area (TPSA) is 113 Å². The van der Waals surface area contributed by atoms with E-state index >= 15 is 0 Å². The summed E-state index contributed by atoms with van der Waals surface area (Å²) in [6.45, 7) is 6.61. The summed E-state index contributed by atoms with van der Waals surface area (Å²) >= 11 is 0. The van der Waals surface area contributed by atoms with Crippen molar-refractivity contribution >= 4 is 32.0 Å². The summed E-state index contributed by atoms with van der Waals surface area (Å²) in [4.78, 5) is 11.0. The summed E-state index contributed by atoms with van der Waals surface area (Å²) in [5.74, 6) is 0.837. The molecule has 33 heavy (non-hydrogen) atoms. The van der Waals surface area contributed by atoms with Gasteiger partial charge in [0.15, 0.2) is 0 Å². The van der Waals surface area contributed by atoms with E-state index in [1.165, 1.54) is 18.2 Å². The molecule has 0 aliphatic carbocycles. The Morgan fingerprint density at radius 3 is 2.36 bits per heavy atom. The van der Waals surface area contributed by atoms with Crippen LogP contribution in [-0.4, -0.2) is 19.9 Å². The number of ether oxygens (including phenoxy) is 1. The van der Waals surface area contributed by atoms with Gasteiger partial charge in [-0.1, -0.05) is 50.8 Å². The Bertz CT molecular complexity index is 1250. The van der Waals surface area contributed by atoms with Gasteiger partial charge in [-0.25, -0.2) is 8.42 Å². The summed E-state index contributed by atoms with van der Waals surface area (Å²) in [5, 5.41) is 12.0. The third kappa shape index (κ3) is 5.27. The van der Waals surface area contributed by atoms with Gasteiger partial charge in [0.2, 0.25) is 9.84 Å². The number of nitrogens with zero attached hydrogens (tertiary/aromatic N) is 1. The van der Waals surface area contributed by atoms with Crippen molar-refractivity contribution in [2.45, 2.75) is 56.2 Å². The van der Waals surface area contributed by atoms with Crippen LogP contribution >= 0.6 is 0 Å². The minimum Gasteiger partial charge on any atom is -0.493 e. The molecule has 1 unspecified atom stereocenters. The highest BCUT2D eigenvalue weighted by molar-refractivity contribution is 7.92. The van der Waals surface area contributed by atoms with Crippen molar-refractivity contribution in [1.29, 1.82) is 0 Å². The minimum atomic E-state index is -4.02. The minimum absolute atomic E-state index is 0.0758. The zero-order valence-electron chi connectivity index (χ0n) is 19.2. The standard InChI is InChI=1S/C25H30N2O5S/c1-4-6-7-18(5-2)16-32-19-10-13-21-22(14-19)25(23(26)15-24(21)27(28)29)33(30,31)20-11-8-17(3)9-12-20/h8-15,18H,4-7,16,26H2,1-3H3. The fourth-order valence-electron chi connectivity index (χ4n) is 3.87. The number of benzene rings is 3. The summed E-state index contributed by atoms with van der Waals surface area (Å²) < 4.78 is 33.0. The molecule has 0 aromatic heterocycles. The predicted octanol–water partition coefficient (Wildman–Crippen LogP) is 6.07. The molecule has 0 aliphatic rings. The smallest absolute Gasteiger partial charge is 0.279 e. The third-order valence-electron chi connectivity index (χ3n) is 5.89. The number of nitrogens with two attached hydrogens (primary N) is 1. The molecule has 3 aromatic carbocycles. The first-order valence-electron chi connectivity index (χ1n) is 11.1. The molecule has 0 fully saturated rings. The van der Waals surface area contributed by atoms with E-state index in [4.69, 9.17) is 10.5 Å². The lowest BCUT2D eigenvalue weighted by molar-refractivity contribution is -0.383. The van der Waals surface area contributed by atoms with Crippen LogP contribution in [0.1, 0.15) is 45.1 Å². The third-order valence-corrected chi connectivity index (χ3v) is 7.78. The van der Waals surface area contributed by atoms with E-state index in [0.29, 0.717) is 18.3 Å². The molecule has 0 radical (unpaired) electrons. The highest BCUT2D eigenvalue weighted by atomic mass is 32.2. The summed E-state index contributed by atoms with van der Waals surface area (Å²) in [6, 6.07) is 12.3. The van der Waals surface area contributed by atoms with Gasteiger partial charge in [-0.15, -0.1) is 0 Å². The average Bonchev–Trinajstić information content (AvgIpc) is 2.78. The number of rotatable bonds is 10. The van der Waals surface area contributed by atoms with Crippen LogP contribution in [0.3, 0.4) is 0 Å². The molecule has 0 spiro atoms. The molecule has 0 saturated heterocycles. The first-order chi connectivity index (χ1) is 15.7. The Balaban J connectivity index is 2.13. The molecule has 0 amide bonds. The second-order valence-electron chi connectivity index (χ2n) is 8.32. The van der Waals surface area contributed by atoms with Crippen molar-refractivity contribution in [3.05, 3.63) is 64.2 Å². The molecule has 176 valence electrons. The average molecular weight is 471 g/mol. The molecule has 3 rings (SSSR count). The predicted molar refractivity (Wildman–Crippen MR) is 130 cm³/mol. The molecule has 2 N–H and O–H groups in total. The van der Waals surface area contributed by atoms with E-state index in [0.717, 1.165) is 37.3 Å². The van der Waals surface area contributed by atoms with Crippen molar-refractivity contribution in [1.82, 2.24) is 0 Å². The van der Waals surface area contributed by atoms with Gasteiger partial charge >= 0.3 is 0 Å². The normalized spacial score (nSPS) is 12.6. The van der Waals surface area contributed by atoms with Gasteiger partial charge < -0.3 is 10.5 Å². The van der Waals surface area contributed by atoms with Crippen LogP contribution in [0, 0.1) is 23.0 Å². The quantitative estimate of drug-likeness (QED) is 0.219. The molecule has 0 saturated carbocycles. The molecule has 0 bridgehead atoms. The first-order valence-corrected chi connectivity index (χ1v) is 12.6. The van der Waals surface area contributed by atoms with Crippen molar-refractivity contribution in [2.24, 2.45) is 5.92 Å². The Labute approximate surface area is 194 Å². The number of unbranched alkanes of at least 4 members (excludes halogenated alkanes) is 1. The number of hydrogen-bond donors (Lipinski definition) is 1. The number of non-ortho nitro benzene ring substituents is 1. The Morgan fingerprint density at radius 2 is 1.76 bits per heavy atom. The highest BCUT2D eigenvalue weighted by Gasteiger charge is 2.28. The van der Waals surface area contributed by atoms with Crippen LogP contribution in [0.5, 0.6) is 5.75 Å². The maximum atomic E-state index is 13.5. The lowest BCUT2D eigenvalue weighted by Crippen LogP contribution is -2.11. The lowest BCUT2D eigenvalue weighted by atomic mass is 10.0. The zero-order chi connectivity index (χ0) is 24.2. The van der Waals surface area contributed by atoms with Gasteiger partial charge in [0, 0.05) is 11.5 Å². The number of nitrogen functional groups attached to an aromatic ring is 1. The Kier molecular flexibility index (Phi) is 7.58. The number of fused-ring (bicyclic) bond motifs is 1. The van der Waals surface area contributed by atoms with Crippen LogP contribution in [0.4, 0.5) is 11.4 Å². The number of nitro groups is 1. The van der Waals surface area contributed by atoms with E-state index in [2.05, 4.69) is 13.8 Å². The lowest BCUT2D eigenvalue weighted by Gasteiger charge is -2.17. The van der Waals surface area contributed by atoms with Gasteiger partial charge in [0.1, 0.15) is 10.6 Å². The molecule has 0 aliphatic heterocycles. The highest BCUT2D eigenvalue weighted by Crippen LogP contribution is 2.40. The van der Waals surface area contributed by atoms with Gasteiger partial charge in [-0.3, -0.25) is 10.1 Å². The SMILES string of the molecule is CCCCC(CC)COc1ccc2c([N+](=O)[O-])cc(N)c(S(=O)(=O)c3ccc(C)cc3)c2c1. The first kappa shape index (κ1) is 24.5. The number of sulfone groups is 1. The number of hydrogen-bond acceptors (Lipinski definition) is 6. The van der Waals surface area contributed by atoms with Gasteiger partial charge in [0.05, 0.1) is 27.5 Å². The van der Waals surface area contributed by atoms with E-state index < -0.39 is 14.8 Å². The van der Waals surface area contributed by atoms with E-state index in [1.807, 2.05) is 6.92 Å². The molecule has 0 heterocycles. The fraction of sp³-hybridized carbons (Fsp3) is 0.360. The maximum Gasteiger partial charge on any atom is 0.279 e. The molecule has 7 nitrogen and oxygen atoms in total. The van der Waals surface area contributed by atoms with Gasteiger partial charge in [0.25, 0.3) is 5.69 Å². The largest absolute Gasteiger partial charge is 0.493 e. The van der Waals surface area contributed by atoms with Gasteiger partial charge in [-0.2, -0.15) is 0 Å². The van der Waals surface area contributed by atoms with Crippen molar-refractivity contribution in [2.75, 3.05) is 12.3 Å². The summed E-state index contributed by atoms with van der Waals surface area (Å²) in [7, 11) is -4.02. The molecule has 8 heteroatoms. The van der Waals surface area contributed by atoms with E-state index in [-0.39, 0.29) is 31.9 Å². The van der Waals surface area contributed by atoms with Crippen LogP contribution in [0.25, 0.3) is 10.8 Å². The van der Waals surface area contributed by atoms with Crippen molar-refractivity contribution in [3.8, 4) is 5.75 Å². The Morgan fingerprint density at radius 1 is 1.06 bits per heavy atom. The second-order valence-corrected chi connectivity index (χ2v) is 10.2. The number of aryl methyl sites for hydroxylation is 1. The number of nitro benzene ring substituents is 1. The summed E-state index contributed by atoms with van der Waals surface area (Å²) in [6.07, 6.45) is 4.24. The van der Waals surface area contributed by atoms with Crippen LogP contribution in [0.15, 0.2) is 58.3 Å². The van der Waals surface area contributed by atoms with Crippen LogP contribution < -0.4 is 10.5 Å². The summed E-state index contributed by atoms with van der Waals surface area (Å²) in [5.41, 5.74) is 6.61. The van der Waals surface area contributed by atoms with Crippen molar-refractivity contribution in [3.63, 3.8) is 0 Å². The molecular formula is C25H30N2O5S. The molecule has 3 aromatic rings. The number of anilines is 1. The monoisotopic (exact) mass is 470 g/mol. The maximum absolute atomic E-state index is 13.5. The van der Waals surface area contributed by atoms with E-state index in [1.54, 1.807) is 24.3 Å². The van der Waals surface area contributed by atoms with Crippen LogP contribution in [-0.2, 0) is 9.84 Å². The Hall–Kier alpha value is -3.13. The van der Waals surface area contributed by atoms with Crippen LogP contribution in [0.2, 0.25) is 0 Å². The molecular weight excluding hydrogens is 440 g/mol. The molecule has 1 atom stereocenters.